The summed E-state index contributed by atoms with van der Waals surface area (Å²) in [5.74, 6) is -1.22. The molecule has 1 aliphatic rings. The number of carbonyl (C=O) groups excluding carboxylic acids is 2. The molecule has 120 valence electrons. The molecule has 0 spiro atoms. The van der Waals surface area contributed by atoms with Crippen molar-refractivity contribution in [3.8, 4) is 0 Å². The summed E-state index contributed by atoms with van der Waals surface area (Å²) in [5, 5.41) is 12.1. The van der Waals surface area contributed by atoms with Crippen LogP contribution >= 0.6 is 0 Å². The zero-order valence-electron chi connectivity index (χ0n) is 13.4. The lowest BCUT2D eigenvalue weighted by Gasteiger charge is -2.32. The van der Waals surface area contributed by atoms with Gasteiger partial charge in [-0.3, -0.25) is 9.59 Å². The van der Waals surface area contributed by atoms with Crippen molar-refractivity contribution in [1.29, 1.82) is 0 Å². The molecule has 2 atom stereocenters. The van der Waals surface area contributed by atoms with Crippen LogP contribution in [-0.4, -0.2) is 36.6 Å². The first-order chi connectivity index (χ1) is 10.4. The molecule has 2 rings (SSSR count). The number of benzene rings is 1. The van der Waals surface area contributed by atoms with Gasteiger partial charge in [0.2, 0.25) is 11.8 Å². The Bertz CT molecular complexity index is 537. The third-order valence-electron chi connectivity index (χ3n) is 4.22. The van der Waals surface area contributed by atoms with Crippen LogP contribution in [0.25, 0.3) is 0 Å². The summed E-state index contributed by atoms with van der Waals surface area (Å²) < 4.78 is 0. The summed E-state index contributed by atoms with van der Waals surface area (Å²) in [6.45, 7) is 6.67. The molecule has 1 aromatic carbocycles. The van der Waals surface area contributed by atoms with Gasteiger partial charge in [0.25, 0.3) is 0 Å². The first-order valence-corrected chi connectivity index (χ1v) is 7.61. The van der Waals surface area contributed by atoms with Crippen molar-refractivity contribution < 1.29 is 14.7 Å². The van der Waals surface area contributed by atoms with E-state index >= 15 is 0 Å². The average molecular weight is 304 g/mol. The first-order valence-electron chi connectivity index (χ1n) is 7.61. The Morgan fingerprint density at radius 3 is 2.50 bits per heavy atom. The van der Waals surface area contributed by atoms with Gasteiger partial charge in [0.15, 0.2) is 0 Å². The number of nitrogens with zero attached hydrogens (tertiary/aromatic N) is 1. The number of aliphatic hydroxyl groups excluding tert-OH is 1. The number of carbonyl (C=O) groups is 2. The standard InChI is InChI=1S/C17H24N2O3/c1-17(2,3)13-11-18-15(21)14(13)16(22)19(9-10-20)12-7-5-4-6-8-12/h4-8,13-14,20H,9-11H2,1-3H3,(H,18,21)/t13-,14-/m0/s1. The zero-order valence-corrected chi connectivity index (χ0v) is 13.4. The van der Waals surface area contributed by atoms with Crippen LogP contribution in [0.3, 0.4) is 0 Å². The van der Waals surface area contributed by atoms with Crippen LogP contribution in [0.4, 0.5) is 5.69 Å². The van der Waals surface area contributed by atoms with Crippen LogP contribution in [0.2, 0.25) is 0 Å². The van der Waals surface area contributed by atoms with Crippen LogP contribution in [0.5, 0.6) is 0 Å². The predicted molar refractivity (Wildman–Crippen MR) is 85.3 cm³/mol. The number of nitrogens with one attached hydrogen (secondary N) is 1. The van der Waals surface area contributed by atoms with E-state index in [0.29, 0.717) is 12.2 Å². The van der Waals surface area contributed by atoms with Crippen LogP contribution < -0.4 is 10.2 Å². The number of para-hydroxylation sites is 1. The molecule has 1 aromatic rings. The van der Waals surface area contributed by atoms with Gasteiger partial charge in [0.05, 0.1) is 6.61 Å². The van der Waals surface area contributed by atoms with Crippen LogP contribution in [0.15, 0.2) is 30.3 Å². The van der Waals surface area contributed by atoms with Gasteiger partial charge < -0.3 is 15.3 Å². The number of anilines is 1. The topological polar surface area (TPSA) is 69.6 Å². The molecule has 2 N–H and O–H groups in total. The highest BCUT2D eigenvalue weighted by atomic mass is 16.3. The minimum Gasteiger partial charge on any atom is -0.395 e. The Balaban J connectivity index is 2.31. The number of rotatable bonds is 4. The molecular formula is C17H24N2O3. The zero-order chi connectivity index (χ0) is 16.3. The van der Waals surface area contributed by atoms with Crippen molar-refractivity contribution in [3.05, 3.63) is 30.3 Å². The smallest absolute Gasteiger partial charge is 0.240 e. The third kappa shape index (κ3) is 3.30. The number of aliphatic hydroxyl groups is 1. The van der Waals surface area contributed by atoms with E-state index in [1.807, 2.05) is 51.1 Å². The Morgan fingerprint density at radius 1 is 1.32 bits per heavy atom. The molecule has 0 unspecified atom stereocenters. The van der Waals surface area contributed by atoms with Gasteiger partial charge in [-0.2, -0.15) is 0 Å². The van der Waals surface area contributed by atoms with Gasteiger partial charge in [-0.1, -0.05) is 39.0 Å². The van der Waals surface area contributed by atoms with E-state index in [0.717, 1.165) is 0 Å². The molecule has 1 fully saturated rings. The van der Waals surface area contributed by atoms with Crippen LogP contribution in [-0.2, 0) is 9.59 Å². The highest BCUT2D eigenvalue weighted by molar-refractivity contribution is 6.09. The molecule has 0 aromatic heterocycles. The summed E-state index contributed by atoms with van der Waals surface area (Å²) >= 11 is 0. The SMILES string of the molecule is CC(C)(C)[C@H]1CNC(=O)[C@H]1C(=O)N(CCO)c1ccccc1. The predicted octanol–water partition coefficient (Wildman–Crippen LogP) is 1.42. The van der Waals surface area contributed by atoms with E-state index in [1.54, 1.807) is 0 Å². The van der Waals surface area contributed by atoms with Crippen molar-refractivity contribution in [2.24, 2.45) is 17.3 Å². The lowest BCUT2D eigenvalue weighted by molar-refractivity contribution is -0.133. The Morgan fingerprint density at radius 2 is 1.95 bits per heavy atom. The second-order valence-corrected chi connectivity index (χ2v) is 6.74. The highest BCUT2D eigenvalue weighted by Crippen LogP contribution is 2.36. The van der Waals surface area contributed by atoms with Crippen molar-refractivity contribution in [2.45, 2.75) is 20.8 Å². The minimum atomic E-state index is -0.702. The minimum absolute atomic E-state index is 0.0580. The molecule has 0 aliphatic carbocycles. The molecular weight excluding hydrogens is 280 g/mol. The first kappa shape index (κ1) is 16.5. The summed E-state index contributed by atoms with van der Waals surface area (Å²) in [7, 11) is 0. The van der Waals surface area contributed by atoms with Crippen molar-refractivity contribution in [2.75, 3.05) is 24.6 Å². The maximum atomic E-state index is 13.0. The molecule has 0 bridgehead atoms. The van der Waals surface area contributed by atoms with Gasteiger partial charge in [-0.05, 0) is 17.5 Å². The van der Waals surface area contributed by atoms with Gasteiger partial charge in [0, 0.05) is 24.7 Å². The molecule has 5 nitrogen and oxygen atoms in total. The Kier molecular flexibility index (Phi) is 4.86. The van der Waals surface area contributed by atoms with Gasteiger partial charge >= 0.3 is 0 Å². The fourth-order valence-corrected chi connectivity index (χ4v) is 2.95. The monoisotopic (exact) mass is 304 g/mol. The molecule has 1 aliphatic heterocycles. The maximum Gasteiger partial charge on any atom is 0.240 e. The number of amides is 2. The van der Waals surface area contributed by atoms with E-state index in [1.165, 1.54) is 4.90 Å². The van der Waals surface area contributed by atoms with Crippen LogP contribution in [0.1, 0.15) is 20.8 Å². The van der Waals surface area contributed by atoms with E-state index in [-0.39, 0.29) is 36.3 Å². The van der Waals surface area contributed by atoms with Gasteiger partial charge in [-0.15, -0.1) is 0 Å². The van der Waals surface area contributed by atoms with E-state index in [2.05, 4.69) is 5.32 Å². The van der Waals surface area contributed by atoms with Crippen molar-refractivity contribution >= 4 is 17.5 Å². The molecule has 5 heteroatoms. The van der Waals surface area contributed by atoms with E-state index in [4.69, 9.17) is 0 Å². The van der Waals surface area contributed by atoms with Gasteiger partial charge in [0.1, 0.15) is 5.92 Å². The number of hydrogen-bond acceptors (Lipinski definition) is 3. The van der Waals surface area contributed by atoms with E-state index < -0.39 is 5.92 Å². The van der Waals surface area contributed by atoms with Crippen molar-refractivity contribution in [3.63, 3.8) is 0 Å². The van der Waals surface area contributed by atoms with E-state index in [9.17, 15) is 14.7 Å². The quantitative estimate of drug-likeness (QED) is 0.827. The summed E-state index contributed by atoms with van der Waals surface area (Å²) in [5.41, 5.74) is 0.551. The molecule has 1 saturated heterocycles. The maximum absolute atomic E-state index is 13.0. The highest BCUT2D eigenvalue weighted by Gasteiger charge is 2.47. The molecule has 22 heavy (non-hydrogen) atoms. The third-order valence-corrected chi connectivity index (χ3v) is 4.22. The lowest BCUT2D eigenvalue weighted by Crippen LogP contribution is -2.45. The average Bonchev–Trinajstić information content (AvgIpc) is 2.87. The molecule has 0 saturated carbocycles. The fraction of sp³-hybridized carbons (Fsp3) is 0.529. The van der Waals surface area contributed by atoms with Crippen LogP contribution in [0, 0.1) is 17.3 Å². The summed E-state index contributed by atoms with van der Waals surface area (Å²) in [6.07, 6.45) is 0. The normalized spacial score (nSPS) is 21.5. The number of hydrogen-bond donors (Lipinski definition) is 2. The fourth-order valence-electron chi connectivity index (χ4n) is 2.95. The second-order valence-electron chi connectivity index (χ2n) is 6.74. The summed E-state index contributed by atoms with van der Waals surface area (Å²) in [6, 6.07) is 9.16. The lowest BCUT2D eigenvalue weighted by atomic mass is 9.74. The van der Waals surface area contributed by atoms with Crippen molar-refractivity contribution in [1.82, 2.24) is 5.32 Å². The van der Waals surface area contributed by atoms with Gasteiger partial charge in [-0.25, -0.2) is 0 Å². The second kappa shape index (κ2) is 6.48. The Labute approximate surface area is 131 Å². The molecule has 2 amide bonds. The molecule has 0 radical (unpaired) electrons. The Hall–Kier alpha value is -1.88. The summed E-state index contributed by atoms with van der Waals surface area (Å²) in [4.78, 5) is 26.7. The molecule has 1 heterocycles. The largest absolute Gasteiger partial charge is 0.395 e.